The molecule has 2 aromatic heterocycles. The molecule has 0 aliphatic carbocycles. The van der Waals surface area contributed by atoms with Crippen molar-refractivity contribution < 1.29 is 117 Å². The number of nitrogens with one attached hydrogen (secondary N) is 17. The molecule has 2 saturated heterocycles. The van der Waals surface area contributed by atoms with Crippen LogP contribution in [-0.4, -0.2) is 303 Å². The van der Waals surface area contributed by atoms with E-state index < -0.39 is 253 Å². The maximum atomic E-state index is 15.2. The number of aromatic amines is 2. The van der Waals surface area contributed by atoms with E-state index in [2.05, 4.69) is 112 Å². The molecule has 7 rings (SSSR count). The molecule has 2 aliphatic heterocycles. The molecule has 143 heavy (non-hydrogen) atoms. The van der Waals surface area contributed by atoms with Gasteiger partial charge in [0.05, 0.1) is 44.8 Å². The number of aromatic nitrogens is 4. The number of imidazole rings is 2. The molecule has 47 nitrogen and oxygen atoms in total. The Labute approximate surface area is 832 Å². The van der Waals surface area contributed by atoms with Crippen LogP contribution in [0.15, 0.2) is 97.8 Å². The second-order valence-electron chi connectivity index (χ2n) is 37.1. The van der Waals surface area contributed by atoms with E-state index in [-0.39, 0.29) is 125 Å². The summed E-state index contributed by atoms with van der Waals surface area (Å²) >= 11 is 4.09. The molecule has 48 heteroatoms. The number of hydrogen-bond donors (Lipinski definition) is 25. The Balaban J connectivity index is 1.05. The van der Waals surface area contributed by atoms with Crippen LogP contribution in [-0.2, 0) is 123 Å². The zero-order valence-electron chi connectivity index (χ0n) is 81.9. The van der Waals surface area contributed by atoms with Gasteiger partial charge < -0.3 is 137 Å². The van der Waals surface area contributed by atoms with Crippen molar-refractivity contribution in [3.63, 3.8) is 0 Å². The Kier molecular flexibility index (Phi) is 45.6. The number of aromatic hydroxyl groups is 3. The summed E-state index contributed by atoms with van der Waals surface area (Å²) in [5.41, 5.74) is 13.4. The summed E-state index contributed by atoms with van der Waals surface area (Å²) in [4.78, 5) is 284. The number of hydrogen-bond acceptors (Lipinski definition) is 27. The Morgan fingerprint density at radius 2 is 0.797 bits per heavy atom. The molecule has 2 fully saturated rings. The smallest absolute Gasteiger partial charge is 0.326 e. The molecule has 18 amide bonds. The van der Waals surface area contributed by atoms with Gasteiger partial charge in [-0.2, -0.15) is 12.6 Å². The summed E-state index contributed by atoms with van der Waals surface area (Å²) in [5.74, 6) is -20.4. The van der Waals surface area contributed by atoms with Gasteiger partial charge in [-0.3, -0.25) is 86.3 Å². The number of likely N-dealkylation sites (tertiary alicyclic amines) is 2. The Morgan fingerprint density at radius 1 is 0.420 bits per heavy atom. The highest BCUT2D eigenvalue weighted by molar-refractivity contribution is 7.80. The van der Waals surface area contributed by atoms with Gasteiger partial charge in [0.1, 0.15) is 108 Å². The third-order valence-electron chi connectivity index (χ3n) is 24.4. The van der Waals surface area contributed by atoms with E-state index in [1.165, 1.54) is 115 Å². The summed E-state index contributed by atoms with van der Waals surface area (Å²) < 4.78 is 0. The van der Waals surface area contributed by atoms with Crippen LogP contribution in [0.4, 0.5) is 0 Å². The van der Waals surface area contributed by atoms with E-state index in [4.69, 9.17) is 11.5 Å². The average Bonchev–Trinajstić information content (AvgIpc) is 1.73. The van der Waals surface area contributed by atoms with Gasteiger partial charge in [0.2, 0.25) is 106 Å². The SMILES string of the molecule is CC[C@H](C)[C@H](NC(=O)[C@H](CO)NC(=O)[C@@H]1CCCN1C(=O)[C@H](CC(C)C)NC(=O)[C@H](Cc1ccc(O)cc1)NC(=O)[C@H](C)NC(=O)[C@H](Cc1cnc[nH]1)NC(=O)[C@H](Cc1cnc[nH]1)NC(=O)[C@H](CC(C)C)NC(=O)[C@H](NC(=O)[C@@H]1CCCN1C(=O)[C@H](Cc1ccc(O)cc1)NC(=O)[C@H](CC(N)=O)NC(=O)[C@H](Cc1ccc(O)cc1)NC(=O)[C@H](N)CS)[C@@H](C)CC)C(=O)NCC(=O)NCC(=O)N[C@H](C(=O)O)C(C)C. The molecule has 18 atom stereocenters. The number of H-pyrrole nitrogens is 2. The third kappa shape index (κ3) is 36.3. The molecular formula is C95H137N23O24S. The monoisotopic (exact) mass is 2020 g/mol. The number of rotatable bonds is 56. The number of nitrogens with two attached hydrogens (primary N) is 2. The molecule has 0 unspecified atom stereocenters. The van der Waals surface area contributed by atoms with Crippen LogP contribution in [0.2, 0.25) is 0 Å². The number of carboxylic acids is 1. The second kappa shape index (κ2) is 56.4. The van der Waals surface area contributed by atoms with Crippen molar-refractivity contribution in [1.82, 2.24) is 109 Å². The number of phenols is 3. The number of benzene rings is 3. The lowest BCUT2D eigenvalue weighted by Gasteiger charge is -2.32. The molecule has 782 valence electrons. The van der Waals surface area contributed by atoms with Crippen molar-refractivity contribution in [2.45, 2.75) is 263 Å². The maximum Gasteiger partial charge on any atom is 0.326 e. The topological polar surface area (TPSA) is 722 Å². The van der Waals surface area contributed by atoms with Crippen molar-refractivity contribution >= 4 is 125 Å². The number of aliphatic hydroxyl groups is 1. The molecule has 0 bridgehead atoms. The molecule has 0 radical (unpaired) electrons. The lowest BCUT2D eigenvalue weighted by atomic mass is 9.96. The van der Waals surface area contributed by atoms with Crippen molar-refractivity contribution in [2.24, 2.45) is 41.1 Å². The molecule has 5 aromatic rings. The summed E-state index contributed by atoms with van der Waals surface area (Å²) in [6.07, 6.45) is 4.22. The summed E-state index contributed by atoms with van der Waals surface area (Å²) in [6, 6.07) is -6.43. The van der Waals surface area contributed by atoms with Gasteiger partial charge in [-0.1, -0.05) is 118 Å². The van der Waals surface area contributed by atoms with E-state index in [9.17, 15) is 97.5 Å². The predicted octanol–water partition coefficient (Wildman–Crippen LogP) is -3.65. The van der Waals surface area contributed by atoms with Crippen molar-refractivity contribution in [3.8, 4) is 17.2 Å². The zero-order chi connectivity index (χ0) is 106. The van der Waals surface area contributed by atoms with Crippen LogP contribution in [0.3, 0.4) is 0 Å². The molecule has 0 saturated carbocycles. The number of carboxylic acid groups (broad SMARTS) is 1. The molecule has 3 aromatic carbocycles. The number of carbonyl (C=O) groups is 19. The van der Waals surface area contributed by atoms with Crippen LogP contribution in [0.1, 0.15) is 162 Å². The number of aliphatic carboxylic acids is 1. The molecular weight excluding hydrogens is 1880 g/mol. The number of carbonyl (C=O) groups excluding carboxylic acids is 18. The Morgan fingerprint density at radius 3 is 1.23 bits per heavy atom. The summed E-state index contributed by atoms with van der Waals surface area (Å²) in [6.45, 7) is 15.8. The van der Waals surface area contributed by atoms with Crippen molar-refractivity contribution in [3.05, 3.63) is 126 Å². The quantitative estimate of drug-likeness (QED) is 0.0167. The minimum absolute atomic E-state index is 0.0186. The number of thiol groups is 1. The van der Waals surface area contributed by atoms with Gasteiger partial charge in [0.25, 0.3) is 0 Å². The first-order valence-corrected chi connectivity index (χ1v) is 48.2. The van der Waals surface area contributed by atoms with Gasteiger partial charge in [0, 0.05) is 74.7 Å². The van der Waals surface area contributed by atoms with E-state index in [0.717, 1.165) is 0 Å². The highest BCUT2D eigenvalue weighted by Crippen LogP contribution is 2.26. The van der Waals surface area contributed by atoms with E-state index >= 15 is 19.2 Å². The third-order valence-corrected chi connectivity index (χ3v) is 24.8. The number of nitrogens with zero attached hydrogens (tertiary/aromatic N) is 4. The lowest BCUT2D eigenvalue weighted by molar-refractivity contribution is -0.143. The minimum atomic E-state index is -1.78. The highest BCUT2D eigenvalue weighted by Gasteiger charge is 2.45. The first-order chi connectivity index (χ1) is 67.7. The number of aliphatic hydroxyl groups excluding tert-OH is 1. The van der Waals surface area contributed by atoms with Gasteiger partial charge in [0.15, 0.2) is 0 Å². The first kappa shape index (κ1) is 116. The molecule has 0 spiro atoms. The zero-order valence-corrected chi connectivity index (χ0v) is 82.8. The van der Waals surface area contributed by atoms with E-state index in [1.54, 1.807) is 69.2 Å². The van der Waals surface area contributed by atoms with Gasteiger partial charge >= 0.3 is 5.97 Å². The Bertz CT molecular complexity index is 5190. The van der Waals surface area contributed by atoms with Gasteiger partial charge in [-0.05, 0) is 128 Å². The number of primary amides is 1. The van der Waals surface area contributed by atoms with Crippen LogP contribution < -0.4 is 91.2 Å². The van der Waals surface area contributed by atoms with Crippen molar-refractivity contribution in [2.75, 3.05) is 38.5 Å². The van der Waals surface area contributed by atoms with Crippen LogP contribution in [0.25, 0.3) is 0 Å². The fourth-order valence-electron chi connectivity index (χ4n) is 16.0. The Hall–Kier alpha value is -14.3. The van der Waals surface area contributed by atoms with Gasteiger partial charge in [-0.15, -0.1) is 0 Å². The largest absolute Gasteiger partial charge is 0.508 e. The van der Waals surface area contributed by atoms with Crippen LogP contribution >= 0.6 is 12.6 Å². The number of phenolic OH excluding ortho intramolecular Hbond substituents is 3. The van der Waals surface area contributed by atoms with Crippen LogP contribution in [0.5, 0.6) is 17.2 Å². The maximum absolute atomic E-state index is 15.2. The standard InChI is InChI=1S/C95H137N23O24S/c1-12-51(9)78(91(137)101-42-75(124)100-43-76(125)114-77(50(7)8)95(141)142)115-88(134)71(44-119)113-89(135)72-16-14-30-117(72)93(139)69(33-49(5)6)111-85(131)64(34-54-18-24-59(120)25-19-54)105-80(126)53(11)104-82(128)66(37-57-40-98-46-102-57)107-86(132)67(38-58-41-99-47-103-58)108-83(129)63(32-48(3)4)110-92(138)79(52(10)13-2)116-90(136)73-17-15-31-118(73)94(140)70(36-56-22-28-61(122)29-23-56)112-87(133)68(39-74(97)123)109-84(130)65(106-81(127)62(96)45-143)35-55-20-26-60(121)27-21-55/h18-29,40-41,46-53,62-73,77-79,119-122,143H,12-17,30-39,42-45,96H2,1-11H3,(H2,97,123)(H,98,102)(H,99,103)(H,100,124)(H,101,137)(H,104,128)(H,105,126)(H,106,127)(H,107,132)(H,108,129)(H,109,130)(H,110,138)(H,111,131)(H,112,133)(H,113,135)(H,114,125)(H,115,134)(H,116,136)(H,141,142)/t51-,52-,53-,62+,63-,64-,65-,66-,67-,68-,69-,70-,71-,72-,73-,77-,78-,79+/m0/s1. The molecule has 2 aliphatic rings. The molecule has 26 N–H and O–H groups in total. The van der Waals surface area contributed by atoms with E-state index in [0.29, 0.717) is 34.5 Å². The average molecular weight is 2020 g/mol. The second-order valence-corrected chi connectivity index (χ2v) is 37.5. The fourth-order valence-corrected chi connectivity index (χ4v) is 16.1. The molecule has 4 heterocycles. The van der Waals surface area contributed by atoms with Crippen molar-refractivity contribution in [1.29, 1.82) is 0 Å². The summed E-state index contributed by atoms with van der Waals surface area (Å²) in [7, 11) is 0. The summed E-state index contributed by atoms with van der Waals surface area (Å²) in [5, 5.41) is 89.0. The van der Waals surface area contributed by atoms with Gasteiger partial charge in [-0.25, -0.2) is 14.8 Å². The first-order valence-electron chi connectivity index (χ1n) is 47.6. The van der Waals surface area contributed by atoms with Crippen LogP contribution in [0, 0.1) is 29.6 Å². The lowest BCUT2D eigenvalue weighted by Crippen LogP contribution is -2.62. The fraction of sp³-hybridized carbons (Fsp3) is 0.547. The normalized spacial score (nSPS) is 16.8. The minimum Gasteiger partial charge on any atom is -0.508 e. The number of amides is 18. The predicted molar refractivity (Wildman–Crippen MR) is 519 cm³/mol. The van der Waals surface area contributed by atoms with E-state index in [1.807, 2.05) is 0 Å². The highest BCUT2D eigenvalue weighted by atomic mass is 32.1.